The van der Waals surface area contributed by atoms with Crippen LogP contribution in [0.4, 0.5) is 5.69 Å². The molecule has 2 atom stereocenters. The number of carbonyl (C=O) groups excluding carboxylic acids is 1. The maximum Gasteiger partial charge on any atom is 0.254 e. The number of aliphatic hydroxyl groups is 1. The summed E-state index contributed by atoms with van der Waals surface area (Å²) in [5, 5.41) is 9.74. The minimum Gasteiger partial charge on any atom is -0.393 e. The van der Waals surface area contributed by atoms with Crippen molar-refractivity contribution < 1.29 is 9.90 Å². The molecule has 4 nitrogen and oxygen atoms in total. The number of hydrogen-bond donors (Lipinski definition) is 1. The minimum absolute atomic E-state index is 0.0523. The second kappa shape index (κ2) is 8.92. The standard InChI is InChI=1S/C19H32N2O2/c1-7-17(12-15(4)22)21(13-14(2)3)19(23)16-8-10-18(11-9-16)20(5)6/h8-11,14-15,17,22H,7,12-13H2,1-6H3. The highest BCUT2D eigenvalue weighted by molar-refractivity contribution is 5.94. The molecule has 0 aliphatic carbocycles. The van der Waals surface area contributed by atoms with Gasteiger partial charge in [0.05, 0.1) is 6.10 Å². The summed E-state index contributed by atoms with van der Waals surface area (Å²) in [6.07, 6.45) is 1.06. The second-order valence-corrected chi connectivity index (χ2v) is 6.94. The fourth-order valence-electron chi connectivity index (χ4n) is 2.77. The number of amides is 1. The van der Waals surface area contributed by atoms with Gasteiger partial charge < -0.3 is 14.9 Å². The third-order valence-electron chi connectivity index (χ3n) is 3.98. The molecule has 4 heteroatoms. The van der Waals surface area contributed by atoms with Crippen molar-refractivity contribution in [1.29, 1.82) is 0 Å². The van der Waals surface area contributed by atoms with E-state index in [-0.39, 0.29) is 11.9 Å². The van der Waals surface area contributed by atoms with Crippen LogP contribution >= 0.6 is 0 Å². The summed E-state index contributed by atoms with van der Waals surface area (Å²) < 4.78 is 0. The van der Waals surface area contributed by atoms with Crippen molar-refractivity contribution in [2.24, 2.45) is 5.92 Å². The highest BCUT2D eigenvalue weighted by Crippen LogP contribution is 2.19. The van der Waals surface area contributed by atoms with E-state index in [0.29, 0.717) is 24.4 Å². The lowest BCUT2D eigenvalue weighted by molar-refractivity contribution is 0.0562. The number of carbonyl (C=O) groups is 1. The summed E-state index contributed by atoms with van der Waals surface area (Å²) in [7, 11) is 3.97. The van der Waals surface area contributed by atoms with Crippen molar-refractivity contribution in [1.82, 2.24) is 4.90 Å². The Morgan fingerprint density at radius 3 is 2.09 bits per heavy atom. The molecule has 0 aliphatic heterocycles. The largest absolute Gasteiger partial charge is 0.393 e. The fourth-order valence-corrected chi connectivity index (χ4v) is 2.77. The highest BCUT2D eigenvalue weighted by Gasteiger charge is 2.25. The Bertz CT molecular complexity index is 481. The molecule has 1 N–H and O–H groups in total. The van der Waals surface area contributed by atoms with Gasteiger partial charge >= 0.3 is 0 Å². The van der Waals surface area contributed by atoms with E-state index in [4.69, 9.17) is 0 Å². The molecule has 0 heterocycles. The first-order chi connectivity index (χ1) is 10.8. The van der Waals surface area contributed by atoms with Gasteiger partial charge in [0.1, 0.15) is 0 Å². The fraction of sp³-hybridized carbons (Fsp3) is 0.632. The number of nitrogens with zero attached hydrogens (tertiary/aromatic N) is 2. The number of rotatable bonds is 8. The first-order valence-corrected chi connectivity index (χ1v) is 8.52. The van der Waals surface area contributed by atoms with Gasteiger partial charge in [0.2, 0.25) is 0 Å². The van der Waals surface area contributed by atoms with Gasteiger partial charge in [0, 0.05) is 37.9 Å². The zero-order valence-electron chi connectivity index (χ0n) is 15.4. The quantitative estimate of drug-likeness (QED) is 0.798. The van der Waals surface area contributed by atoms with E-state index < -0.39 is 6.10 Å². The molecule has 0 fully saturated rings. The van der Waals surface area contributed by atoms with Crippen molar-refractivity contribution >= 4 is 11.6 Å². The average molecular weight is 320 g/mol. The monoisotopic (exact) mass is 320 g/mol. The van der Waals surface area contributed by atoms with Crippen LogP contribution in [-0.4, -0.2) is 48.7 Å². The van der Waals surface area contributed by atoms with Crippen LogP contribution in [0, 0.1) is 5.92 Å². The molecular weight excluding hydrogens is 288 g/mol. The maximum absolute atomic E-state index is 13.0. The Morgan fingerprint density at radius 2 is 1.70 bits per heavy atom. The van der Waals surface area contributed by atoms with Crippen molar-refractivity contribution in [3.05, 3.63) is 29.8 Å². The Morgan fingerprint density at radius 1 is 1.13 bits per heavy atom. The summed E-state index contributed by atoms with van der Waals surface area (Å²) in [5.74, 6) is 0.444. The van der Waals surface area contributed by atoms with Gasteiger partial charge in [0.25, 0.3) is 5.91 Å². The molecule has 2 unspecified atom stereocenters. The lowest BCUT2D eigenvalue weighted by Crippen LogP contribution is -2.43. The summed E-state index contributed by atoms with van der Waals surface area (Å²) in [6.45, 7) is 8.80. The number of aliphatic hydroxyl groups excluding tert-OH is 1. The Hall–Kier alpha value is -1.55. The van der Waals surface area contributed by atoms with Gasteiger partial charge in [-0.2, -0.15) is 0 Å². The molecule has 1 amide bonds. The lowest BCUT2D eigenvalue weighted by atomic mass is 10.0. The third-order valence-corrected chi connectivity index (χ3v) is 3.98. The van der Waals surface area contributed by atoms with Crippen LogP contribution in [0.25, 0.3) is 0 Å². The first-order valence-electron chi connectivity index (χ1n) is 8.52. The van der Waals surface area contributed by atoms with E-state index >= 15 is 0 Å². The van der Waals surface area contributed by atoms with Crippen LogP contribution in [-0.2, 0) is 0 Å². The third kappa shape index (κ3) is 5.87. The van der Waals surface area contributed by atoms with E-state index in [2.05, 4.69) is 20.8 Å². The molecule has 1 aromatic rings. The average Bonchev–Trinajstić information content (AvgIpc) is 2.49. The zero-order valence-corrected chi connectivity index (χ0v) is 15.4. The van der Waals surface area contributed by atoms with Crippen molar-refractivity contribution in [2.45, 2.75) is 52.7 Å². The zero-order chi connectivity index (χ0) is 17.6. The molecule has 0 saturated heterocycles. The van der Waals surface area contributed by atoms with E-state index in [0.717, 1.165) is 12.1 Å². The maximum atomic E-state index is 13.0. The molecule has 0 saturated carbocycles. The summed E-state index contributed by atoms with van der Waals surface area (Å²) in [4.78, 5) is 16.9. The molecule has 0 aliphatic rings. The normalized spacial score (nSPS) is 13.7. The summed E-state index contributed by atoms with van der Waals surface area (Å²) in [6, 6.07) is 7.78. The molecule has 1 rings (SSSR count). The molecule has 23 heavy (non-hydrogen) atoms. The Labute approximate surface area is 141 Å². The topological polar surface area (TPSA) is 43.8 Å². The van der Waals surface area contributed by atoms with Gasteiger partial charge in [-0.15, -0.1) is 0 Å². The molecule has 1 aromatic carbocycles. The van der Waals surface area contributed by atoms with Crippen LogP contribution in [0.5, 0.6) is 0 Å². The van der Waals surface area contributed by atoms with Gasteiger partial charge in [0.15, 0.2) is 0 Å². The number of hydrogen-bond acceptors (Lipinski definition) is 3. The van der Waals surface area contributed by atoms with E-state index in [1.165, 1.54) is 0 Å². The molecule has 130 valence electrons. The highest BCUT2D eigenvalue weighted by atomic mass is 16.3. The number of benzene rings is 1. The minimum atomic E-state index is -0.404. The molecule has 0 aromatic heterocycles. The Balaban J connectivity index is 3.02. The molecule has 0 radical (unpaired) electrons. The first kappa shape index (κ1) is 19.5. The summed E-state index contributed by atoms with van der Waals surface area (Å²) in [5.41, 5.74) is 1.79. The predicted molar refractivity (Wildman–Crippen MR) is 97.0 cm³/mol. The SMILES string of the molecule is CCC(CC(C)O)N(CC(C)C)C(=O)c1ccc(N(C)C)cc1. The van der Waals surface area contributed by atoms with Crippen LogP contribution in [0.3, 0.4) is 0 Å². The van der Waals surface area contributed by atoms with Crippen molar-refractivity contribution in [2.75, 3.05) is 25.5 Å². The smallest absolute Gasteiger partial charge is 0.254 e. The van der Waals surface area contributed by atoms with Crippen LogP contribution in [0.2, 0.25) is 0 Å². The predicted octanol–water partition coefficient (Wildman–Crippen LogP) is 3.40. The molecule has 0 bridgehead atoms. The van der Waals surface area contributed by atoms with E-state index in [1.54, 1.807) is 6.92 Å². The van der Waals surface area contributed by atoms with Gasteiger partial charge in [-0.1, -0.05) is 20.8 Å². The van der Waals surface area contributed by atoms with Gasteiger partial charge in [-0.3, -0.25) is 4.79 Å². The van der Waals surface area contributed by atoms with Gasteiger partial charge in [-0.05, 0) is 49.9 Å². The van der Waals surface area contributed by atoms with Crippen LogP contribution in [0.15, 0.2) is 24.3 Å². The van der Waals surface area contributed by atoms with Crippen LogP contribution < -0.4 is 4.90 Å². The molecule has 0 spiro atoms. The van der Waals surface area contributed by atoms with E-state index in [9.17, 15) is 9.90 Å². The Kier molecular flexibility index (Phi) is 7.56. The lowest BCUT2D eigenvalue weighted by Gasteiger charge is -2.33. The van der Waals surface area contributed by atoms with Gasteiger partial charge in [-0.25, -0.2) is 0 Å². The van der Waals surface area contributed by atoms with Crippen molar-refractivity contribution in [3.63, 3.8) is 0 Å². The van der Waals surface area contributed by atoms with E-state index in [1.807, 2.05) is 48.2 Å². The summed E-state index contributed by atoms with van der Waals surface area (Å²) >= 11 is 0. The van der Waals surface area contributed by atoms with Crippen molar-refractivity contribution in [3.8, 4) is 0 Å². The molecular formula is C19H32N2O2. The van der Waals surface area contributed by atoms with Crippen LogP contribution in [0.1, 0.15) is 50.9 Å². The number of anilines is 1. The second-order valence-electron chi connectivity index (χ2n) is 6.94.